The van der Waals surface area contributed by atoms with Crippen molar-refractivity contribution in [1.29, 1.82) is 0 Å². The number of hydrogen-bond donors (Lipinski definition) is 8. The normalized spacial score (nSPS) is 24.4. The molecule has 0 aromatic carbocycles. The zero-order valence-electron chi connectivity index (χ0n) is 31.2. The van der Waals surface area contributed by atoms with E-state index in [1.807, 2.05) is 55.4 Å². The van der Waals surface area contributed by atoms with E-state index >= 15 is 0 Å². The van der Waals surface area contributed by atoms with Gasteiger partial charge in [-0.25, -0.2) is 10.4 Å². The minimum Gasteiger partial charge on any atom is -0.549 e. The third kappa shape index (κ3) is 17.5. The van der Waals surface area contributed by atoms with Gasteiger partial charge in [0.25, 0.3) is 0 Å². The maximum Gasteiger partial charge on any atom is 0.317 e. The second-order valence-corrected chi connectivity index (χ2v) is 15.8. The molecule has 2 heterocycles. The molecule has 0 aliphatic carbocycles. The van der Waals surface area contributed by atoms with Crippen molar-refractivity contribution in [1.82, 2.24) is 20.4 Å². The third-order valence-corrected chi connectivity index (χ3v) is 8.56. The minimum absolute atomic E-state index is 0.00740. The lowest BCUT2D eigenvalue weighted by molar-refractivity contribution is -1.16. The van der Waals surface area contributed by atoms with Gasteiger partial charge in [0.1, 0.15) is 22.2 Å². The SMILES string of the molecule is CC(=O)NC1CC(C)(C)[NH+](O)C(C)(C)C1.CC(=O)NC1CC(C)(C)[NH+](O)C(C)(C)C1.O=C([O-])CN(CCN(CC(=O)O)CC(=O)O)CC(=O)[O-]. The molecule has 0 aromatic rings. The smallest absolute Gasteiger partial charge is 0.317 e. The molecule has 2 amide bonds. The maximum atomic E-state index is 11.0. The monoisotopic (exact) mass is 720 g/mol. The Hall–Kier alpha value is -3.42. The van der Waals surface area contributed by atoms with Gasteiger partial charge in [-0.05, 0) is 55.4 Å². The number of quaternary nitrogens is 2. The Morgan fingerprint density at radius 3 is 1.02 bits per heavy atom. The van der Waals surface area contributed by atoms with Crippen LogP contribution < -0.4 is 31.0 Å². The fourth-order valence-electron chi connectivity index (χ4n) is 7.06. The fourth-order valence-corrected chi connectivity index (χ4v) is 7.06. The van der Waals surface area contributed by atoms with Crippen molar-refractivity contribution < 1.29 is 69.7 Å². The number of hydrogen-bond acceptors (Lipinski definition) is 12. The number of carbonyl (C=O) groups excluding carboxylic acids is 4. The van der Waals surface area contributed by atoms with Crippen molar-refractivity contribution in [3.8, 4) is 0 Å². The summed E-state index contributed by atoms with van der Waals surface area (Å²) in [5.41, 5.74) is -0.854. The number of nitrogens with one attached hydrogen (secondary N) is 4. The summed E-state index contributed by atoms with van der Waals surface area (Å²) in [5, 5.41) is 65.3. The molecule has 18 heteroatoms. The molecule has 290 valence electrons. The molecule has 2 saturated heterocycles. The summed E-state index contributed by atoms with van der Waals surface area (Å²) in [4.78, 5) is 66.0. The molecule has 0 bridgehead atoms. The van der Waals surface area contributed by atoms with Crippen LogP contribution in [0.3, 0.4) is 0 Å². The highest BCUT2D eigenvalue weighted by Gasteiger charge is 2.50. The van der Waals surface area contributed by atoms with Gasteiger partial charge in [0.05, 0.1) is 25.0 Å². The number of amides is 2. The van der Waals surface area contributed by atoms with E-state index in [1.54, 1.807) is 0 Å². The summed E-state index contributed by atoms with van der Waals surface area (Å²) in [6, 6.07) is 0.340. The first-order valence-corrected chi connectivity index (χ1v) is 16.5. The van der Waals surface area contributed by atoms with Crippen molar-refractivity contribution in [2.24, 2.45) is 0 Å². The van der Waals surface area contributed by atoms with E-state index in [4.69, 9.17) is 10.2 Å². The van der Waals surface area contributed by atoms with Crippen LogP contribution in [-0.4, -0.2) is 140 Å². The molecule has 50 heavy (non-hydrogen) atoms. The Labute approximate surface area is 294 Å². The van der Waals surface area contributed by atoms with Crippen LogP contribution >= 0.6 is 0 Å². The third-order valence-electron chi connectivity index (χ3n) is 8.56. The highest BCUT2D eigenvalue weighted by Crippen LogP contribution is 2.24. The summed E-state index contributed by atoms with van der Waals surface area (Å²) in [6.45, 7) is 16.5. The summed E-state index contributed by atoms with van der Waals surface area (Å²) in [7, 11) is 0. The molecule has 0 radical (unpaired) electrons. The lowest BCUT2D eigenvalue weighted by Gasteiger charge is -2.47. The molecule has 2 fully saturated rings. The standard InChI is InChI=1S/2C11H22N2O2.C10H16N2O8/c2*1-8(14)12-9-6-10(2,3)13(15)11(4,5)7-9;13-7(14)3-11(4-8(15)16)1-2-12(5-9(17)18)6-10(19)20/h2*9,15H,6-7H2,1-5H3,(H,12,14);1-6H2,(H,13,14)(H,15,16)(H,17,18)(H,19,20). The Morgan fingerprint density at radius 2 is 0.820 bits per heavy atom. The molecular weight excluding hydrogens is 660 g/mol. The average molecular weight is 721 g/mol. The molecule has 0 saturated carbocycles. The van der Waals surface area contributed by atoms with Crippen LogP contribution in [0.1, 0.15) is 94.9 Å². The summed E-state index contributed by atoms with van der Waals surface area (Å²) < 4.78 is 0. The number of carboxylic acids is 4. The molecule has 0 aromatic heterocycles. The van der Waals surface area contributed by atoms with Crippen LogP contribution in [0.25, 0.3) is 0 Å². The Kier molecular flexibility index (Phi) is 17.9. The minimum atomic E-state index is -1.51. The van der Waals surface area contributed by atoms with Gasteiger partial charge in [0, 0.05) is 77.8 Å². The second kappa shape index (κ2) is 19.3. The fraction of sp³-hybridized carbons (Fsp3) is 0.812. The van der Waals surface area contributed by atoms with Gasteiger partial charge in [0.2, 0.25) is 11.8 Å². The van der Waals surface area contributed by atoms with E-state index in [0.29, 0.717) is 10.1 Å². The van der Waals surface area contributed by atoms with E-state index in [9.17, 15) is 49.4 Å². The molecule has 0 spiro atoms. The van der Waals surface area contributed by atoms with E-state index < -0.39 is 50.1 Å². The highest BCUT2D eigenvalue weighted by atomic mass is 16.5. The Balaban J connectivity index is 0.000000730. The van der Waals surface area contributed by atoms with E-state index in [1.165, 1.54) is 13.8 Å². The topological polar surface area (TPSA) is 269 Å². The first kappa shape index (κ1) is 46.6. The summed E-state index contributed by atoms with van der Waals surface area (Å²) >= 11 is 0. The predicted molar refractivity (Wildman–Crippen MR) is 174 cm³/mol. The molecule has 18 nitrogen and oxygen atoms in total. The zero-order chi connectivity index (χ0) is 39.4. The molecular formula is C32H60N6O12. The van der Waals surface area contributed by atoms with E-state index in [2.05, 4.69) is 10.6 Å². The van der Waals surface area contributed by atoms with Gasteiger partial charge < -0.3 is 40.6 Å². The van der Waals surface area contributed by atoms with Crippen LogP contribution in [0.2, 0.25) is 0 Å². The van der Waals surface area contributed by atoms with Crippen LogP contribution in [-0.2, 0) is 28.8 Å². The van der Waals surface area contributed by atoms with Crippen LogP contribution in [0, 0.1) is 0 Å². The number of carbonyl (C=O) groups is 6. The van der Waals surface area contributed by atoms with Gasteiger partial charge in [-0.15, -0.1) is 0 Å². The van der Waals surface area contributed by atoms with E-state index in [-0.39, 0.29) is 59.1 Å². The number of rotatable bonds is 13. The first-order chi connectivity index (χ1) is 22.5. The quantitative estimate of drug-likeness (QED) is 0.0892. The van der Waals surface area contributed by atoms with Crippen molar-refractivity contribution in [3.63, 3.8) is 0 Å². The number of nitrogens with zero attached hydrogens (tertiary/aromatic N) is 2. The predicted octanol–water partition coefficient (Wildman–Crippen LogP) is -4.51. The molecule has 2 aliphatic rings. The van der Waals surface area contributed by atoms with Crippen LogP contribution in [0.15, 0.2) is 0 Å². The average Bonchev–Trinajstić information content (AvgIpc) is 2.87. The van der Waals surface area contributed by atoms with Gasteiger partial charge in [-0.1, -0.05) is 0 Å². The molecule has 2 rings (SSSR count). The Morgan fingerprint density at radius 1 is 0.580 bits per heavy atom. The van der Waals surface area contributed by atoms with Gasteiger partial charge in [-0.2, -0.15) is 10.1 Å². The molecule has 2 aliphatic heterocycles. The first-order valence-electron chi connectivity index (χ1n) is 16.5. The summed E-state index contributed by atoms with van der Waals surface area (Å²) in [6.07, 6.45) is 3.23. The number of carboxylic acid groups (broad SMARTS) is 4. The van der Waals surface area contributed by atoms with Gasteiger partial charge in [0.15, 0.2) is 0 Å². The van der Waals surface area contributed by atoms with Crippen LogP contribution in [0.5, 0.6) is 0 Å². The van der Waals surface area contributed by atoms with Crippen LogP contribution in [0.4, 0.5) is 0 Å². The van der Waals surface area contributed by atoms with Crippen molar-refractivity contribution in [2.75, 3.05) is 39.3 Å². The zero-order valence-corrected chi connectivity index (χ0v) is 31.2. The van der Waals surface area contributed by atoms with E-state index in [0.717, 1.165) is 35.5 Å². The molecule has 0 atom stereocenters. The Bertz CT molecular complexity index is 1030. The number of hydroxylamine groups is 4. The van der Waals surface area contributed by atoms with Crippen molar-refractivity contribution >= 4 is 35.7 Å². The largest absolute Gasteiger partial charge is 0.549 e. The molecule has 0 unspecified atom stereocenters. The lowest BCUT2D eigenvalue weighted by atomic mass is 9.79. The molecule has 8 N–H and O–H groups in total. The maximum absolute atomic E-state index is 11.0. The lowest BCUT2D eigenvalue weighted by Crippen LogP contribution is -3.25. The highest BCUT2D eigenvalue weighted by molar-refractivity contribution is 5.74. The summed E-state index contributed by atoms with van der Waals surface area (Å²) in [5.74, 6) is -5.50. The van der Waals surface area contributed by atoms with Crippen molar-refractivity contribution in [3.05, 3.63) is 0 Å². The van der Waals surface area contributed by atoms with Crippen molar-refractivity contribution in [2.45, 2.75) is 129 Å². The van der Waals surface area contributed by atoms with Gasteiger partial charge >= 0.3 is 11.9 Å². The van der Waals surface area contributed by atoms with Gasteiger partial charge in [-0.3, -0.25) is 29.0 Å². The second-order valence-electron chi connectivity index (χ2n) is 15.8. The number of piperidine rings is 2. The number of aliphatic carboxylic acids is 4.